The summed E-state index contributed by atoms with van der Waals surface area (Å²) >= 11 is 5.02. The third kappa shape index (κ3) is 5.21. The fraction of sp³-hybridized carbons (Fsp3) is 0.273. The van der Waals surface area contributed by atoms with Gasteiger partial charge in [0, 0.05) is 0 Å². The molecule has 0 aliphatic rings. The molecule has 1 heterocycles. The third-order valence-electron chi connectivity index (χ3n) is 4.46. The van der Waals surface area contributed by atoms with Crippen LogP contribution < -0.4 is 15.0 Å². The molecule has 1 aromatic heterocycles. The zero-order valence-corrected chi connectivity index (χ0v) is 18.2. The average Bonchev–Trinajstić information content (AvgIpc) is 2.72. The van der Waals surface area contributed by atoms with Crippen molar-refractivity contribution in [2.24, 2.45) is 5.10 Å². The van der Waals surface area contributed by atoms with Gasteiger partial charge >= 0.3 is 0 Å². The lowest BCUT2D eigenvalue weighted by Crippen LogP contribution is -2.18. The number of ether oxygens (including phenoxy) is 2. The molecular weight excluding hydrogens is 400 g/mol. The molecule has 0 bridgehead atoms. The summed E-state index contributed by atoms with van der Waals surface area (Å²) in [5, 5.41) is 10.3. The number of nitrogens with zero attached hydrogens (tertiary/aromatic N) is 3. The third-order valence-corrected chi connectivity index (χ3v) is 4.72. The Balaban J connectivity index is 1.74. The number of aromatic amines is 1. The fourth-order valence-electron chi connectivity index (χ4n) is 2.72. The van der Waals surface area contributed by atoms with Crippen LogP contribution in [-0.2, 0) is 12.0 Å². The highest BCUT2D eigenvalue weighted by molar-refractivity contribution is 7.71. The Morgan fingerprint density at radius 2 is 1.90 bits per heavy atom. The molecule has 0 saturated heterocycles. The Morgan fingerprint density at radius 3 is 2.53 bits per heavy atom. The van der Waals surface area contributed by atoms with Crippen LogP contribution in [0.15, 0.2) is 58.6 Å². The van der Waals surface area contributed by atoms with E-state index >= 15 is 0 Å². The Kier molecular flexibility index (Phi) is 6.47. The van der Waals surface area contributed by atoms with E-state index in [1.807, 2.05) is 6.07 Å². The smallest absolute Gasteiger partial charge is 0.293 e. The summed E-state index contributed by atoms with van der Waals surface area (Å²) in [7, 11) is 1.57. The maximum absolute atomic E-state index is 11.8. The standard InChI is InChI=1S/C22H24N4O3S/c1-22(2,3)17-8-5-15(6-9-17)14-29-18-10-7-16(11-19(18)28-4)12-24-26-20(27)13-23-25-21(26)30/h5-13H,14H2,1-4H3,(H,25,30)/b24-12-. The highest BCUT2D eigenvalue weighted by Crippen LogP contribution is 2.29. The molecule has 8 heteroatoms. The van der Waals surface area contributed by atoms with E-state index in [4.69, 9.17) is 21.7 Å². The lowest BCUT2D eigenvalue weighted by atomic mass is 9.87. The zero-order chi connectivity index (χ0) is 21.7. The van der Waals surface area contributed by atoms with Crippen LogP contribution in [0, 0.1) is 4.77 Å². The van der Waals surface area contributed by atoms with E-state index in [1.54, 1.807) is 19.2 Å². The summed E-state index contributed by atoms with van der Waals surface area (Å²) < 4.78 is 12.6. The first-order chi connectivity index (χ1) is 14.3. The van der Waals surface area contributed by atoms with Crippen LogP contribution >= 0.6 is 12.2 Å². The number of hydrogen-bond acceptors (Lipinski definition) is 6. The number of methoxy groups -OCH3 is 1. The minimum absolute atomic E-state index is 0.114. The normalized spacial score (nSPS) is 11.6. The van der Waals surface area contributed by atoms with E-state index in [0.717, 1.165) is 22.0 Å². The molecular formula is C22H24N4O3S. The van der Waals surface area contributed by atoms with Gasteiger partial charge in [-0.1, -0.05) is 45.0 Å². The molecule has 3 rings (SSSR count). The van der Waals surface area contributed by atoms with E-state index in [2.05, 4.69) is 60.3 Å². The van der Waals surface area contributed by atoms with Crippen molar-refractivity contribution in [2.75, 3.05) is 7.11 Å². The molecule has 0 spiro atoms. The van der Waals surface area contributed by atoms with Crippen molar-refractivity contribution in [1.29, 1.82) is 0 Å². The summed E-state index contributed by atoms with van der Waals surface area (Å²) in [6, 6.07) is 13.8. The Morgan fingerprint density at radius 1 is 1.17 bits per heavy atom. The van der Waals surface area contributed by atoms with Crippen LogP contribution in [0.3, 0.4) is 0 Å². The molecule has 1 N–H and O–H groups in total. The highest BCUT2D eigenvalue weighted by atomic mass is 32.1. The van der Waals surface area contributed by atoms with Crippen LogP contribution in [0.25, 0.3) is 0 Å². The monoisotopic (exact) mass is 424 g/mol. The quantitative estimate of drug-likeness (QED) is 0.477. The molecule has 7 nitrogen and oxygen atoms in total. The van der Waals surface area contributed by atoms with E-state index in [9.17, 15) is 4.79 Å². The Labute approximate surface area is 180 Å². The lowest BCUT2D eigenvalue weighted by molar-refractivity contribution is 0.284. The van der Waals surface area contributed by atoms with E-state index < -0.39 is 5.56 Å². The molecule has 0 atom stereocenters. The second kappa shape index (κ2) is 9.04. The van der Waals surface area contributed by atoms with Crippen LogP contribution in [0.1, 0.15) is 37.5 Å². The first-order valence-corrected chi connectivity index (χ1v) is 9.80. The number of nitrogens with one attached hydrogen (secondary N) is 1. The lowest BCUT2D eigenvalue weighted by Gasteiger charge is -2.19. The fourth-order valence-corrected chi connectivity index (χ4v) is 2.91. The summed E-state index contributed by atoms with van der Waals surface area (Å²) in [6.45, 7) is 6.99. The molecule has 0 aliphatic carbocycles. The number of aromatic nitrogens is 3. The van der Waals surface area contributed by atoms with Gasteiger partial charge in [0.25, 0.3) is 5.56 Å². The summed E-state index contributed by atoms with van der Waals surface area (Å²) in [6.07, 6.45) is 2.63. The van der Waals surface area contributed by atoms with E-state index in [0.29, 0.717) is 18.1 Å². The predicted molar refractivity (Wildman–Crippen MR) is 119 cm³/mol. The summed E-state index contributed by atoms with van der Waals surface area (Å²) in [4.78, 5) is 11.8. The molecule has 3 aromatic rings. The number of H-pyrrole nitrogens is 1. The second-order valence-corrected chi connectivity index (χ2v) is 8.10. The molecule has 0 radical (unpaired) electrons. The summed E-state index contributed by atoms with van der Waals surface area (Å²) in [5.74, 6) is 1.19. The van der Waals surface area contributed by atoms with Crippen LogP contribution in [-0.4, -0.2) is 28.2 Å². The topological polar surface area (TPSA) is 81.5 Å². The Hall–Kier alpha value is -3.26. The van der Waals surface area contributed by atoms with Gasteiger partial charge in [-0.2, -0.15) is 14.9 Å². The van der Waals surface area contributed by atoms with Crippen LogP contribution in [0.5, 0.6) is 11.5 Å². The van der Waals surface area contributed by atoms with Crippen molar-refractivity contribution < 1.29 is 9.47 Å². The van der Waals surface area contributed by atoms with Crippen molar-refractivity contribution >= 4 is 18.4 Å². The van der Waals surface area contributed by atoms with Crippen molar-refractivity contribution in [2.45, 2.75) is 32.8 Å². The van der Waals surface area contributed by atoms with Gasteiger partial charge in [-0.3, -0.25) is 9.89 Å². The zero-order valence-electron chi connectivity index (χ0n) is 17.4. The minimum atomic E-state index is -0.417. The first-order valence-electron chi connectivity index (χ1n) is 9.39. The van der Waals surface area contributed by atoms with Gasteiger partial charge in [-0.05, 0) is 52.5 Å². The van der Waals surface area contributed by atoms with Gasteiger partial charge < -0.3 is 9.47 Å². The molecule has 30 heavy (non-hydrogen) atoms. The molecule has 0 fully saturated rings. The molecule has 0 aliphatic heterocycles. The molecule has 0 unspecified atom stereocenters. The van der Waals surface area contributed by atoms with Gasteiger partial charge in [0.15, 0.2) is 11.5 Å². The van der Waals surface area contributed by atoms with Gasteiger partial charge in [-0.15, -0.1) is 0 Å². The first kappa shape index (κ1) is 21.4. The summed E-state index contributed by atoms with van der Waals surface area (Å²) in [5.41, 5.74) is 2.78. The van der Waals surface area contributed by atoms with Gasteiger partial charge in [0.2, 0.25) is 4.77 Å². The van der Waals surface area contributed by atoms with Crippen molar-refractivity contribution in [1.82, 2.24) is 14.9 Å². The van der Waals surface area contributed by atoms with Crippen molar-refractivity contribution in [3.8, 4) is 11.5 Å². The largest absolute Gasteiger partial charge is 0.493 e. The average molecular weight is 425 g/mol. The predicted octanol–water partition coefficient (Wildman–Crippen LogP) is 4.07. The second-order valence-electron chi connectivity index (χ2n) is 7.72. The van der Waals surface area contributed by atoms with Crippen LogP contribution in [0.4, 0.5) is 0 Å². The highest BCUT2D eigenvalue weighted by Gasteiger charge is 2.13. The van der Waals surface area contributed by atoms with E-state index in [1.165, 1.54) is 11.8 Å². The van der Waals surface area contributed by atoms with Gasteiger partial charge in [-0.25, -0.2) is 0 Å². The Bertz CT molecular complexity index is 1130. The SMILES string of the molecule is COc1cc(/C=N\n2c(=O)cn[nH]c2=S)ccc1OCc1ccc(C(C)(C)C)cc1. The van der Waals surface area contributed by atoms with Crippen LogP contribution in [0.2, 0.25) is 0 Å². The number of hydrogen-bond donors (Lipinski definition) is 1. The van der Waals surface area contributed by atoms with Gasteiger partial charge in [0.05, 0.1) is 13.3 Å². The van der Waals surface area contributed by atoms with Crippen molar-refractivity contribution in [3.63, 3.8) is 0 Å². The maximum atomic E-state index is 11.8. The minimum Gasteiger partial charge on any atom is -0.493 e. The molecule has 0 saturated carbocycles. The molecule has 2 aromatic carbocycles. The molecule has 0 amide bonds. The molecule has 156 valence electrons. The van der Waals surface area contributed by atoms with Crippen molar-refractivity contribution in [3.05, 3.63) is 80.5 Å². The van der Waals surface area contributed by atoms with E-state index in [-0.39, 0.29) is 10.2 Å². The maximum Gasteiger partial charge on any atom is 0.293 e. The number of benzene rings is 2. The number of rotatable bonds is 6. The van der Waals surface area contributed by atoms with Gasteiger partial charge in [0.1, 0.15) is 12.8 Å².